The molecule has 11 heteroatoms. The smallest absolute Gasteiger partial charge is 0.416 e. The third-order valence-electron chi connectivity index (χ3n) is 5.27. The number of rotatable bonds is 8. The van der Waals surface area contributed by atoms with E-state index in [-0.39, 0.29) is 23.1 Å². The first-order valence-electron chi connectivity index (χ1n) is 10.6. The Kier molecular flexibility index (Phi) is 8.02. The molecule has 0 fully saturated rings. The fraction of sp³-hybridized carbons (Fsp3) is 0.280. The Hall–Kier alpha value is -3.47. The Labute approximate surface area is 203 Å². The number of hydrogen-bond acceptors (Lipinski definition) is 4. The zero-order valence-corrected chi connectivity index (χ0v) is 19.2. The summed E-state index contributed by atoms with van der Waals surface area (Å²) in [5.74, 6) is -0.527. The van der Waals surface area contributed by atoms with E-state index < -0.39 is 42.9 Å². The van der Waals surface area contributed by atoms with Gasteiger partial charge in [0, 0.05) is 49.7 Å². The maximum Gasteiger partial charge on any atom is 0.416 e. The van der Waals surface area contributed by atoms with Gasteiger partial charge in [-0.05, 0) is 36.4 Å². The molecule has 0 aromatic heterocycles. The van der Waals surface area contributed by atoms with Crippen LogP contribution in [0.1, 0.15) is 11.1 Å². The van der Waals surface area contributed by atoms with Crippen molar-refractivity contribution in [3.63, 3.8) is 0 Å². The molecular formula is C25H23F7N2O2. The summed E-state index contributed by atoms with van der Waals surface area (Å²) in [6.45, 7) is -1.51. The molecule has 1 N–H and O–H groups in total. The maximum atomic E-state index is 14.5. The zero-order chi connectivity index (χ0) is 26.7. The van der Waals surface area contributed by atoms with Gasteiger partial charge in [0.05, 0.1) is 12.1 Å². The molecular weight excluding hydrogens is 493 g/mol. The first-order valence-corrected chi connectivity index (χ1v) is 10.6. The molecule has 0 aliphatic rings. The standard InChI is InChI=1S/C25H23F7N2O2/c1-33(2)18-5-3-7-20(12-18)36-21-8-4-6-19(13-21)34(15-23(35)25(30,31)32)14-16-9-10-17(11-22(16)26)24(27,28)29/h3-13,23,35H,14-15H2,1-2H3/t23-/m1/s1. The van der Waals surface area contributed by atoms with Crippen molar-refractivity contribution >= 4 is 11.4 Å². The molecule has 194 valence electrons. The number of benzene rings is 3. The minimum Gasteiger partial charge on any atom is -0.457 e. The van der Waals surface area contributed by atoms with Crippen LogP contribution in [-0.2, 0) is 12.7 Å². The van der Waals surface area contributed by atoms with Gasteiger partial charge in [0.25, 0.3) is 0 Å². The lowest BCUT2D eigenvalue weighted by molar-refractivity contribution is -0.200. The van der Waals surface area contributed by atoms with Crippen molar-refractivity contribution in [3.05, 3.63) is 83.7 Å². The topological polar surface area (TPSA) is 35.9 Å². The molecule has 0 aliphatic heterocycles. The number of hydrogen-bond donors (Lipinski definition) is 1. The number of halogens is 7. The molecule has 0 spiro atoms. The minimum absolute atomic E-state index is 0.138. The van der Waals surface area contributed by atoms with E-state index in [1.165, 1.54) is 18.2 Å². The highest BCUT2D eigenvalue weighted by atomic mass is 19.4. The Bertz CT molecular complexity index is 1180. The van der Waals surface area contributed by atoms with Crippen molar-refractivity contribution in [1.82, 2.24) is 0 Å². The summed E-state index contributed by atoms with van der Waals surface area (Å²) < 4.78 is 98.2. The summed E-state index contributed by atoms with van der Waals surface area (Å²) in [5, 5.41) is 9.66. The highest BCUT2D eigenvalue weighted by Gasteiger charge is 2.39. The summed E-state index contributed by atoms with van der Waals surface area (Å²) in [6, 6.07) is 14.7. The predicted octanol–water partition coefficient (Wildman–Crippen LogP) is 6.63. The summed E-state index contributed by atoms with van der Waals surface area (Å²) in [6.07, 6.45) is -12.5. The van der Waals surface area contributed by atoms with Gasteiger partial charge in [-0.2, -0.15) is 26.3 Å². The summed E-state index contributed by atoms with van der Waals surface area (Å²) in [7, 11) is 3.67. The second-order valence-corrected chi connectivity index (χ2v) is 8.23. The Balaban J connectivity index is 1.92. The molecule has 3 aromatic carbocycles. The van der Waals surface area contributed by atoms with Gasteiger partial charge >= 0.3 is 12.4 Å². The number of anilines is 2. The lowest BCUT2D eigenvalue weighted by atomic mass is 10.1. The fourth-order valence-electron chi connectivity index (χ4n) is 3.34. The van der Waals surface area contributed by atoms with Crippen molar-refractivity contribution in [2.24, 2.45) is 0 Å². The molecule has 0 amide bonds. The lowest BCUT2D eigenvalue weighted by Crippen LogP contribution is -2.41. The van der Waals surface area contributed by atoms with E-state index >= 15 is 0 Å². The largest absolute Gasteiger partial charge is 0.457 e. The second-order valence-electron chi connectivity index (χ2n) is 8.23. The van der Waals surface area contributed by atoms with Crippen LogP contribution in [0.3, 0.4) is 0 Å². The van der Waals surface area contributed by atoms with Gasteiger partial charge in [0.1, 0.15) is 17.3 Å². The van der Waals surface area contributed by atoms with Crippen molar-refractivity contribution in [2.45, 2.75) is 25.0 Å². The average molecular weight is 516 g/mol. The quantitative estimate of drug-likeness (QED) is 0.341. The number of nitrogens with zero attached hydrogens (tertiary/aromatic N) is 2. The van der Waals surface area contributed by atoms with Crippen LogP contribution >= 0.6 is 0 Å². The van der Waals surface area contributed by atoms with E-state index in [0.717, 1.165) is 16.7 Å². The molecule has 0 bridgehead atoms. The van der Waals surface area contributed by atoms with E-state index in [9.17, 15) is 35.8 Å². The third kappa shape index (κ3) is 7.03. The SMILES string of the molecule is CN(C)c1cccc(Oc2cccc(N(Cc3ccc(C(F)(F)F)cc3F)C[C@@H](O)C(F)(F)F)c2)c1. The highest BCUT2D eigenvalue weighted by molar-refractivity contribution is 5.54. The minimum atomic E-state index is -4.96. The van der Waals surface area contributed by atoms with E-state index in [1.807, 2.05) is 25.1 Å². The van der Waals surface area contributed by atoms with Gasteiger partial charge in [-0.3, -0.25) is 0 Å². The van der Waals surface area contributed by atoms with E-state index in [1.54, 1.807) is 24.3 Å². The summed E-state index contributed by atoms with van der Waals surface area (Å²) in [5.41, 5.74) is -0.515. The first-order chi connectivity index (χ1) is 16.7. The third-order valence-corrected chi connectivity index (χ3v) is 5.27. The summed E-state index contributed by atoms with van der Waals surface area (Å²) in [4.78, 5) is 2.87. The molecule has 3 aromatic rings. The second kappa shape index (κ2) is 10.7. The predicted molar refractivity (Wildman–Crippen MR) is 122 cm³/mol. The Morgan fingerprint density at radius 3 is 1.94 bits per heavy atom. The number of aliphatic hydroxyl groups is 1. The fourth-order valence-corrected chi connectivity index (χ4v) is 3.34. The Morgan fingerprint density at radius 1 is 0.833 bits per heavy atom. The summed E-state index contributed by atoms with van der Waals surface area (Å²) >= 11 is 0. The average Bonchev–Trinajstić information content (AvgIpc) is 2.78. The van der Waals surface area contributed by atoms with Gasteiger partial charge in [0.2, 0.25) is 0 Å². The normalized spacial score (nSPS) is 12.8. The van der Waals surface area contributed by atoms with Crippen LogP contribution in [0.4, 0.5) is 42.1 Å². The molecule has 4 nitrogen and oxygen atoms in total. The van der Waals surface area contributed by atoms with Gasteiger partial charge in [-0.1, -0.05) is 18.2 Å². The molecule has 0 heterocycles. The van der Waals surface area contributed by atoms with Crippen molar-refractivity contribution < 1.29 is 40.6 Å². The molecule has 0 saturated carbocycles. The van der Waals surface area contributed by atoms with Crippen LogP contribution in [0.2, 0.25) is 0 Å². The van der Waals surface area contributed by atoms with Gasteiger partial charge in [0.15, 0.2) is 6.10 Å². The van der Waals surface area contributed by atoms with Crippen LogP contribution in [0, 0.1) is 5.82 Å². The molecule has 0 aliphatic carbocycles. The van der Waals surface area contributed by atoms with Gasteiger partial charge < -0.3 is 19.6 Å². The molecule has 0 saturated heterocycles. The highest BCUT2D eigenvalue weighted by Crippen LogP contribution is 2.33. The van der Waals surface area contributed by atoms with Crippen molar-refractivity contribution in [3.8, 4) is 11.5 Å². The maximum absolute atomic E-state index is 14.5. The number of ether oxygens (including phenoxy) is 1. The molecule has 1 atom stereocenters. The van der Waals surface area contributed by atoms with Crippen molar-refractivity contribution in [2.75, 3.05) is 30.4 Å². The van der Waals surface area contributed by atoms with Crippen LogP contribution in [0.5, 0.6) is 11.5 Å². The lowest BCUT2D eigenvalue weighted by Gasteiger charge is -2.29. The van der Waals surface area contributed by atoms with Gasteiger partial charge in [-0.15, -0.1) is 0 Å². The molecule has 0 radical (unpaired) electrons. The monoisotopic (exact) mass is 516 g/mol. The Morgan fingerprint density at radius 2 is 1.42 bits per heavy atom. The molecule has 36 heavy (non-hydrogen) atoms. The van der Waals surface area contributed by atoms with Gasteiger partial charge in [-0.25, -0.2) is 4.39 Å². The van der Waals surface area contributed by atoms with Crippen LogP contribution in [0.25, 0.3) is 0 Å². The molecule has 3 rings (SSSR count). The van der Waals surface area contributed by atoms with E-state index in [4.69, 9.17) is 4.74 Å². The van der Waals surface area contributed by atoms with Crippen LogP contribution in [-0.4, -0.2) is 38.0 Å². The number of aliphatic hydroxyl groups excluding tert-OH is 1. The van der Waals surface area contributed by atoms with Crippen LogP contribution in [0.15, 0.2) is 66.7 Å². The van der Waals surface area contributed by atoms with E-state index in [0.29, 0.717) is 11.8 Å². The van der Waals surface area contributed by atoms with Crippen molar-refractivity contribution in [1.29, 1.82) is 0 Å². The first kappa shape index (κ1) is 27.1. The molecule has 0 unspecified atom stereocenters. The number of alkyl halides is 6. The van der Waals surface area contributed by atoms with Crippen LogP contribution < -0.4 is 14.5 Å². The zero-order valence-electron chi connectivity index (χ0n) is 19.2. The van der Waals surface area contributed by atoms with E-state index in [2.05, 4.69) is 0 Å².